The van der Waals surface area contributed by atoms with Gasteiger partial charge in [-0.2, -0.15) is 4.98 Å². The summed E-state index contributed by atoms with van der Waals surface area (Å²) in [6, 6.07) is 0. The van der Waals surface area contributed by atoms with Crippen molar-refractivity contribution < 1.29 is 9.26 Å². The number of ether oxygens (including phenoxy) is 1. The molecule has 2 fully saturated rings. The van der Waals surface area contributed by atoms with Crippen LogP contribution in [0.3, 0.4) is 0 Å². The van der Waals surface area contributed by atoms with Crippen LogP contribution in [0.2, 0.25) is 0 Å². The van der Waals surface area contributed by atoms with Crippen molar-refractivity contribution in [3.05, 3.63) is 27.8 Å². The van der Waals surface area contributed by atoms with E-state index in [1.807, 2.05) is 6.92 Å². The van der Waals surface area contributed by atoms with Crippen LogP contribution in [0.5, 0.6) is 0 Å². The van der Waals surface area contributed by atoms with Gasteiger partial charge < -0.3 is 9.26 Å². The molecule has 1 unspecified atom stereocenters. The van der Waals surface area contributed by atoms with Crippen LogP contribution in [-0.4, -0.2) is 39.7 Å². The molecule has 21 heavy (non-hydrogen) atoms. The molecule has 2 aromatic heterocycles. The summed E-state index contributed by atoms with van der Waals surface area (Å²) in [7, 11) is 0. The Morgan fingerprint density at radius 2 is 2.29 bits per heavy atom. The second-order valence-electron chi connectivity index (χ2n) is 5.74. The van der Waals surface area contributed by atoms with E-state index < -0.39 is 0 Å². The summed E-state index contributed by atoms with van der Waals surface area (Å²) < 4.78 is 11.2. The van der Waals surface area contributed by atoms with Gasteiger partial charge in [0.2, 0.25) is 5.89 Å². The van der Waals surface area contributed by atoms with Gasteiger partial charge in [-0.15, -0.1) is 11.3 Å². The van der Waals surface area contributed by atoms with E-state index in [9.17, 15) is 0 Å². The first-order valence-corrected chi connectivity index (χ1v) is 8.24. The number of hydrogen-bond donors (Lipinski definition) is 0. The van der Waals surface area contributed by atoms with E-state index in [1.54, 1.807) is 11.3 Å². The standard InChI is InChI=1S/C14H18N4O2S/c1-9-8-21-14(15-9)11-6-18(4-5-19-11)7-12-16-13(20-17-12)10-2-3-10/h8,10-11H,2-7H2,1H3. The van der Waals surface area contributed by atoms with Crippen LogP contribution in [0.1, 0.15) is 47.3 Å². The van der Waals surface area contributed by atoms with Gasteiger partial charge in [0.25, 0.3) is 0 Å². The van der Waals surface area contributed by atoms with Gasteiger partial charge in [0.1, 0.15) is 11.1 Å². The predicted molar refractivity (Wildman–Crippen MR) is 77.1 cm³/mol. The van der Waals surface area contributed by atoms with Crippen molar-refractivity contribution in [2.45, 2.75) is 38.3 Å². The summed E-state index contributed by atoms with van der Waals surface area (Å²) in [5, 5.41) is 7.22. The zero-order chi connectivity index (χ0) is 14.2. The zero-order valence-electron chi connectivity index (χ0n) is 12.0. The maximum absolute atomic E-state index is 5.84. The smallest absolute Gasteiger partial charge is 0.229 e. The van der Waals surface area contributed by atoms with E-state index in [2.05, 4.69) is 25.4 Å². The Bertz CT molecular complexity index is 622. The van der Waals surface area contributed by atoms with Crippen LogP contribution < -0.4 is 0 Å². The highest BCUT2D eigenvalue weighted by Gasteiger charge is 2.30. The molecule has 3 heterocycles. The predicted octanol–water partition coefficient (Wildman–Crippen LogP) is 2.29. The van der Waals surface area contributed by atoms with Gasteiger partial charge in [0.15, 0.2) is 5.82 Å². The zero-order valence-corrected chi connectivity index (χ0v) is 12.8. The second kappa shape index (κ2) is 5.47. The quantitative estimate of drug-likeness (QED) is 0.863. The molecule has 0 N–H and O–H groups in total. The maximum Gasteiger partial charge on any atom is 0.229 e. The number of morpholine rings is 1. The first-order chi connectivity index (χ1) is 10.3. The summed E-state index contributed by atoms with van der Waals surface area (Å²) in [5.74, 6) is 2.11. The molecule has 6 nitrogen and oxygen atoms in total. The number of aryl methyl sites for hydroxylation is 1. The van der Waals surface area contributed by atoms with E-state index >= 15 is 0 Å². The highest BCUT2D eigenvalue weighted by atomic mass is 32.1. The van der Waals surface area contributed by atoms with E-state index in [1.165, 1.54) is 12.8 Å². The molecule has 0 aromatic carbocycles. The van der Waals surface area contributed by atoms with Crippen molar-refractivity contribution in [3.8, 4) is 0 Å². The van der Waals surface area contributed by atoms with Crippen molar-refractivity contribution in [2.75, 3.05) is 19.7 Å². The van der Waals surface area contributed by atoms with Gasteiger partial charge >= 0.3 is 0 Å². The largest absolute Gasteiger partial charge is 0.368 e. The summed E-state index contributed by atoms with van der Waals surface area (Å²) in [4.78, 5) is 11.3. The van der Waals surface area contributed by atoms with Crippen molar-refractivity contribution >= 4 is 11.3 Å². The van der Waals surface area contributed by atoms with Crippen molar-refractivity contribution in [1.29, 1.82) is 0 Å². The molecule has 1 aliphatic heterocycles. The third-order valence-corrected chi connectivity index (χ3v) is 4.89. The number of nitrogens with zero attached hydrogens (tertiary/aromatic N) is 4. The maximum atomic E-state index is 5.84. The number of hydrogen-bond acceptors (Lipinski definition) is 7. The fourth-order valence-electron chi connectivity index (χ4n) is 2.54. The van der Waals surface area contributed by atoms with E-state index in [0.29, 0.717) is 5.92 Å². The van der Waals surface area contributed by atoms with Crippen LogP contribution in [0.15, 0.2) is 9.90 Å². The molecule has 0 radical (unpaired) electrons. The van der Waals surface area contributed by atoms with Gasteiger partial charge in [0.05, 0.1) is 13.2 Å². The Hall–Kier alpha value is -1.31. The van der Waals surface area contributed by atoms with Gasteiger partial charge in [-0.1, -0.05) is 5.16 Å². The monoisotopic (exact) mass is 306 g/mol. The molecule has 4 rings (SSSR count). The van der Waals surface area contributed by atoms with Crippen molar-refractivity contribution in [3.63, 3.8) is 0 Å². The number of thiazole rings is 1. The van der Waals surface area contributed by atoms with E-state index in [-0.39, 0.29) is 6.10 Å². The normalized spacial score (nSPS) is 23.6. The third-order valence-electron chi connectivity index (χ3n) is 3.84. The molecule has 2 aromatic rings. The Labute approximate surface area is 127 Å². The third kappa shape index (κ3) is 3.00. The number of aromatic nitrogens is 3. The lowest BCUT2D eigenvalue weighted by atomic mass is 10.2. The summed E-state index contributed by atoms with van der Waals surface area (Å²) in [5.41, 5.74) is 1.06. The van der Waals surface area contributed by atoms with Crippen LogP contribution in [0.25, 0.3) is 0 Å². The topological polar surface area (TPSA) is 64.3 Å². The Morgan fingerprint density at radius 3 is 3.05 bits per heavy atom. The Kier molecular flexibility index (Phi) is 3.48. The van der Waals surface area contributed by atoms with Gasteiger partial charge in [-0.3, -0.25) is 4.90 Å². The lowest BCUT2D eigenvalue weighted by Gasteiger charge is -2.30. The highest BCUT2D eigenvalue weighted by Crippen LogP contribution is 2.38. The first kappa shape index (κ1) is 13.4. The van der Waals surface area contributed by atoms with Gasteiger partial charge in [0, 0.05) is 30.1 Å². The summed E-state index contributed by atoms with van der Waals surface area (Å²) in [6.45, 7) is 5.19. The molecule has 1 saturated carbocycles. The molecule has 0 bridgehead atoms. The molecule has 1 atom stereocenters. The summed E-state index contributed by atoms with van der Waals surface area (Å²) in [6.07, 6.45) is 2.43. The lowest BCUT2D eigenvalue weighted by Crippen LogP contribution is -2.38. The Balaban J connectivity index is 1.40. The van der Waals surface area contributed by atoms with Crippen LogP contribution >= 0.6 is 11.3 Å². The number of rotatable bonds is 4. The lowest BCUT2D eigenvalue weighted by molar-refractivity contribution is -0.0339. The van der Waals surface area contributed by atoms with Crippen LogP contribution in [0.4, 0.5) is 0 Å². The van der Waals surface area contributed by atoms with Gasteiger partial charge in [-0.05, 0) is 19.8 Å². The molecule has 112 valence electrons. The fraction of sp³-hybridized carbons (Fsp3) is 0.643. The highest BCUT2D eigenvalue weighted by molar-refractivity contribution is 7.09. The average Bonchev–Trinajstić information content (AvgIpc) is 3.09. The van der Waals surface area contributed by atoms with Crippen molar-refractivity contribution in [2.24, 2.45) is 0 Å². The van der Waals surface area contributed by atoms with Crippen LogP contribution in [0, 0.1) is 6.92 Å². The molecular formula is C14H18N4O2S. The molecule has 0 spiro atoms. The van der Waals surface area contributed by atoms with E-state index in [0.717, 1.165) is 48.7 Å². The molecule has 0 amide bonds. The van der Waals surface area contributed by atoms with Gasteiger partial charge in [-0.25, -0.2) is 4.98 Å². The van der Waals surface area contributed by atoms with Crippen LogP contribution in [-0.2, 0) is 11.3 Å². The molecule has 1 saturated heterocycles. The molecule has 1 aliphatic carbocycles. The molecule has 2 aliphatic rings. The second-order valence-corrected chi connectivity index (χ2v) is 6.63. The Morgan fingerprint density at radius 1 is 1.38 bits per heavy atom. The SMILES string of the molecule is Cc1csc(C2CN(Cc3noc(C4CC4)n3)CCO2)n1. The average molecular weight is 306 g/mol. The minimum Gasteiger partial charge on any atom is -0.368 e. The molecule has 7 heteroatoms. The summed E-state index contributed by atoms with van der Waals surface area (Å²) >= 11 is 1.67. The van der Waals surface area contributed by atoms with Crippen molar-refractivity contribution in [1.82, 2.24) is 20.0 Å². The van der Waals surface area contributed by atoms with E-state index in [4.69, 9.17) is 9.26 Å². The first-order valence-electron chi connectivity index (χ1n) is 7.36. The molecular weight excluding hydrogens is 288 g/mol. The minimum absolute atomic E-state index is 0.0623. The minimum atomic E-state index is 0.0623. The fourth-order valence-corrected chi connectivity index (χ4v) is 3.38.